The van der Waals surface area contributed by atoms with Crippen molar-refractivity contribution < 1.29 is 14.3 Å². The van der Waals surface area contributed by atoms with Crippen LogP contribution in [0.3, 0.4) is 0 Å². The molecule has 142 valence electrons. The first kappa shape index (κ1) is 23.4. The minimum Gasteiger partial charge on any atom is -0.382 e. The number of carbonyl (C=O) groups is 1. The van der Waals surface area contributed by atoms with Gasteiger partial charge in [-0.2, -0.15) is 0 Å². The minimum absolute atomic E-state index is 0. The van der Waals surface area contributed by atoms with Crippen molar-refractivity contribution in [2.24, 2.45) is 4.99 Å². The van der Waals surface area contributed by atoms with Gasteiger partial charge in [0.05, 0.1) is 13.2 Å². The Hall–Kier alpha value is -0.610. The lowest BCUT2D eigenvalue weighted by molar-refractivity contribution is -0.127. The summed E-state index contributed by atoms with van der Waals surface area (Å²) >= 11 is 0. The van der Waals surface area contributed by atoms with Gasteiger partial charge >= 0.3 is 0 Å². The topological polar surface area (TPSA) is 75.2 Å². The molecule has 8 heteroatoms. The van der Waals surface area contributed by atoms with E-state index in [9.17, 15) is 4.79 Å². The van der Waals surface area contributed by atoms with Crippen LogP contribution >= 0.6 is 24.0 Å². The van der Waals surface area contributed by atoms with Gasteiger partial charge in [0, 0.05) is 52.9 Å². The third kappa shape index (κ3) is 11.0. The molecule has 0 aromatic rings. The lowest BCUT2D eigenvalue weighted by Gasteiger charge is -2.15. The van der Waals surface area contributed by atoms with Gasteiger partial charge in [0.15, 0.2) is 5.96 Å². The Balaban J connectivity index is 0.00000529. The highest BCUT2D eigenvalue weighted by Crippen LogP contribution is 2.09. The molecule has 0 atom stereocenters. The van der Waals surface area contributed by atoms with Crippen molar-refractivity contribution in [2.75, 3.05) is 59.7 Å². The fourth-order valence-electron chi connectivity index (χ4n) is 2.36. The maximum atomic E-state index is 11.5. The van der Waals surface area contributed by atoms with E-state index in [0.717, 1.165) is 57.9 Å². The van der Waals surface area contributed by atoms with E-state index in [0.29, 0.717) is 26.2 Å². The monoisotopic (exact) mass is 456 g/mol. The SMILES string of the molecule is CCNC(=NCCCN1CCCC1=O)NCCCOCCOC.I. The largest absolute Gasteiger partial charge is 0.382 e. The second kappa shape index (κ2) is 15.9. The lowest BCUT2D eigenvalue weighted by Crippen LogP contribution is -2.38. The Morgan fingerprint density at radius 2 is 2.08 bits per heavy atom. The third-order valence-corrected chi connectivity index (χ3v) is 3.56. The van der Waals surface area contributed by atoms with Crippen molar-refractivity contribution in [3.63, 3.8) is 0 Å². The van der Waals surface area contributed by atoms with E-state index in [1.807, 2.05) is 11.8 Å². The molecule has 0 aromatic carbocycles. The van der Waals surface area contributed by atoms with Gasteiger partial charge in [-0.1, -0.05) is 0 Å². The molecule has 0 bridgehead atoms. The van der Waals surface area contributed by atoms with Crippen LogP contribution in [0.5, 0.6) is 0 Å². The lowest BCUT2D eigenvalue weighted by atomic mass is 10.4. The van der Waals surface area contributed by atoms with Crippen LogP contribution in [0.2, 0.25) is 0 Å². The first-order valence-electron chi connectivity index (χ1n) is 8.64. The summed E-state index contributed by atoms with van der Waals surface area (Å²) in [6.07, 6.45) is 3.54. The Labute approximate surface area is 162 Å². The summed E-state index contributed by atoms with van der Waals surface area (Å²) in [5, 5.41) is 6.52. The second-order valence-corrected chi connectivity index (χ2v) is 5.48. The summed E-state index contributed by atoms with van der Waals surface area (Å²) < 4.78 is 10.3. The van der Waals surface area contributed by atoms with Crippen molar-refractivity contribution in [1.29, 1.82) is 0 Å². The minimum atomic E-state index is 0. The van der Waals surface area contributed by atoms with Crippen molar-refractivity contribution in [3.05, 3.63) is 0 Å². The van der Waals surface area contributed by atoms with Gasteiger partial charge < -0.3 is 25.0 Å². The van der Waals surface area contributed by atoms with Gasteiger partial charge in [-0.05, 0) is 26.2 Å². The number of guanidine groups is 1. The summed E-state index contributed by atoms with van der Waals surface area (Å²) in [6, 6.07) is 0. The highest BCUT2D eigenvalue weighted by Gasteiger charge is 2.18. The molecule has 1 fully saturated rings. The summed E-state index contributed by atoms with van der Waals surface area (Å²) in [5.74, 6) is 1.12. The number of halogens is 1. The number of nitrogens with one attached hydrogen (secondary N) is 2. The van der Waals surface area contributed by atoms with E-state index in [1.54, 1.807) is 7.11 Å². The van der Waals surface area contributed by atoms with E-state index in [2.05, 4.69) is 15.6 Å². The summed E-state index contributed by atoms with van der Waals surface area (Å²) in [5.41, 5.74) is 0. The predicted molar refractivity (Wildman–Crippen MR) is 107 cm³/mol. The molecule has 1 aliphatic heterocycles. The molecule has 0 unspecified atom stereocenters. The summed E-state index contributed by atoms with van der Waals surface area (Å²) in [6.45, 7) is 8.14. The molecule has 0 spiro atoms. The first-order chi connectivity index (χ1) is 11.3. The zero-order chi connectivity index (χ0) is 16.8. The van der Waals surface area contributed by atoms with Crippen LogP contribution in [0.15, 0.2) is 4.99 Å². The number of methoxy groups -OCH3 is 1. The number of hydrogen-bond acceptors (Lipinski definition) is 4. The zero-order valence-electron chi connectivity index (χ0n) is 15.0. The van der Waals surface area contributed by atoms with Crippen LogP contribution < -0.4 is 10.6 Å². The highest BCUT2D eigenvalue weighted by molar-refractivity contribution is 14.0. The number of hydrogen-bond donors (Lipinski definition) is 2. The van der Waals surface area contributed by atoms with Gasteiger partial charge in [-0.25, -0.2) is 0 Å². The van der Waals surface area contributed by atoms with E-state index < -0.39 is 0 Å². The first-order valence-corrected chi connectivity index (χ1v) is 8.64. The smallest absolute Gasteiger partial charge is 0.222 e. The predicted octanol–water partition coefficient (Wildman–Crippen LogP) is 1.23. The molecule has 1 amide bonds. The number of rotatable bonds is 12. The molecule has 1 rings (SSSR count). The van der Waals surface area contributed by atoms with E-state index in [4.69, 9.17) is 9.47 Å². The van der Waals surface area contributed by atoms with Crippen molar-refractivity contribution >= 4 is 35.8 Å². The number of carbonyl (C=O) groups excluding carboxylic acids is 1. The Morgan fingerprint density at radius 3 is 2.75 bits per heavy atom. The van der Waals surface area contributed by atoms with Crippen LogP contribution in [-0.4, -0.2) is 76.4 Å². The Kier molecular flexibility index (Phi) is 15.5. The number of likely N-dealkylation sites (tertiary alicyclic amines) is 1. The molecule has 1 heterocycles. The van der Waals surface area contributed by atoms with Crippen LogP contribution in [0.25, 0.3) is 0 Å². The van der Waals surface area contributed by atoms with Crippen molar-refractivity contribution in [2.45, 2.75) is 32.6 Å². The van der Waals surface area contributed by atoms with Gasteiger partial charge in [0.1, 0.15) is 0 Å². The highest BCUT2D eigenvalue weighted by atomic mass is 127. The molecule has 24 heavy (non-hydrogen) atoms. The molecule has 1 aliphatic rings. The van der Waals surface area contributed by atoms with Crippen LogP contribution in [0.1, 0.15) is 32.6 Å². The van der Waals surface area contributed by atoms with Crippen molar-refractivity contribution in [1.82, 2.24) is 15.5 Å². The standard InChI is InChI=1S/C16H32N4O3.HI/c1-3-17-16(19-9-6-12-23-14-13-22-2)18-8-5-11-20-10-4-7-15(20)21;/h3-14H2,1-2H3,(H2,17,18,19);1H. The summed E-state index contributed by atoms with van der Waals surface area (Å²) in [4.78, 5) is 18.0. The van der Waals surface area contributed by atoms with Crippen molar-refractivity contribution in [3.8, 4) is 0 Å². The third-order valence-electron chi connectivity index (χ3n) is 3.56. The van der Waals surface area contributed by atoms with Crippen LogP contribution in [0, 0.1) is 0 Å². The average Bonchev–Trinajstić information content (AvgIpc) is 2.95. The molecule has 0 saturated carbocycles. The molecule has 7 nitrogen and oxygen atoms in total. The van der Waals surface area contributed by atoms with E-state index >= 15 is 0 Å². The molecule has 0 aliphatic carbocycles. The summed E-state index contributed by atoms with van der Waals surface area (Å²) in [7, 11) is 1.67. The Bertz CT molecular complexity index is 356. The number of aliphatic imine (C=N–C) groups is 1. The second-order valence-electron chi connectivity index (χ2n) is 5.48. The maximum absolute atomic E-state index is 11.5. The average molecular weight is 456 g/mol. The fraction of sp³-hybridized carbons (Fsp3) is 0.875. The van der Waals surface area contributed by atoms with Gasteiger partial charge in [-0.3, -0.25) is 9.79 Å². The normalized spacial score (nSPS) is 14.7. The molecular weight excluding hydrogens is 423 g/mol. The van der Waals surface area contributed by atoms with E-state index in [1.165, 1.54) is 0 Å². The van der Waals surface area contributed by atoms with Crippen LogP contribution in [-0.2, 0) is 14.3 Å². The molecule has 1 saturated heterocycles. The maximum Gasteiger partial charge on any atom is 0.222 e. The fourth-order valence-corrected chi connectivity index (χ4v) is 2.36. The number of ether oxygens (including phenoxy) is 2. The van der Waals surface area contributed by atoms with Gasteiger partial charge in [-0.15, -0.1) is 24.0 Å². The van der Waals surface area contributed by atoms with Gasteiger partial charge in [0.2, 0.25) is 5.91 Å². The zero-order valence-corrected chi connectivity index (χ0v) is 17.3. The molecule has 2 N–H and O–H groups in total. The number of amides is 1. The molecule has 0 radical (unpaired) electrons. The molecular formula is C16H33IN4O3. The van der Waals surface area contributed by atoms with E-state index in [-0.39, 0.29) is 29.9 Å². The van der Waals surface area contributed by atoms with Gasteiger partial charge in [0.25, 0.3) is 0 Å². The number of nitrogens with zero attached hydrogens (tertiary/aromatic N) is 2. The van der Waals surface area contributed by atoms with Crippen LogP contribution in [0.4, 0.5) is 0 Å². The Morgan fingerprint density at radius 1 is 1.25 bits per heavy atom. The quantitative estimate of drug-likeness (QED) is 0.200. The molecule has 0 aromatic heterocycles.